The van der Waals surface area contributed by atoms with Gasteiger partial charge in [0.15, 0.2) is 0 Å². The van der Waals surface area contributed by atoms with Gasteiger partial charge in [0, 0.05) is 0 Å². The molecule has 0 unspecified atom stereocenters. The number of likely N-dealkylation sites (N-methyl/N-ethyl adjacent to an activating group) is 1. The van der Waals surface area contributed by atoms with Crippen molar-refractivity contribution in [2.45, 2.75) is 0 Å². The lowest BCUT2D eigenvalue weighted by Crippen LogP contribution is -2.33. The van der Waals surface area contributed by atoms with Crippen molar-refractivity contribution in [2.24, 2.45) is 0 Å². The summed E-state index contributed by atoms with van der Waals surface area (Å²) in [6.45, 7) is 4.67. The first-order valence-electron chi connectivity index (χ1n) is 2.47. The predicted molar refractivity (Wildman–Crippen MR) is 44.4 cm³/mol. The van der Waals surface area contributed by atoms with Gasteiger partial charge in [-0.05, 0) is 17.0 Å². The van der Waals surface area contributed by atoms with E-state index < -0.39 is 0 Å². The molecule has 0 saturated heterocycles. The summed E-state index contributed by atoms with van der Waals surface area (Å²) in [7, 11) is 6.42. The Hall–Kier alpha value is -0.0831. The van der Waals surface area contributed by atoms with E-state index >= 15 is 0 Å². The van der Waals surface area contributed by atoms with E-state index in [4.69, 9.17) is 0 Å². The van der Waals surface area contributed by atoms with Crippen LogP contribution >= 0.6 is 0 Å². The van der Waals surface area contributed by atoms with Gasteiger partial charge in [0.1, 0.15) is 0 Å². The zero-order chi connectivity index (χ0) is 5.91. The summed E-state index contributed by atoms with van der Waals surface area (Å²) in [5, 5.41) is 0. The Morgan fingerprint density at radius 1 is 1.38 bits per heavy atom. The van der Waals surface area contributed by atoms with E-state index in [-0.39, 0.29) is 11.0 Å². The Kier molecular flexibility index (Phi) is 5.23. The molecule has 0 aromatic heterocycles. The van der Waals surface area contributed by atoms with Gasteiger partial charge < -0.3 is 4.48 Å². The van der Waals surface area contributed by atoms with E-state index in [1.54, 1.807) is 0 Å². The molecule has 0 aliphatic rings. The third kappa shape index (κ3) is 9.32. The van der Waals surface area contributed by atoms with Crippen molar-refractivity contribution < 1.29 is 4.48 Å². The molecule has 0 aromatic carbocycles. The molecule has 8 heavy (non-hydrogen) atoms. The van der Waals surface area contributed by atoms with Crippen molar-refractivity contribution in [2.75, 3.05) is 27.7 Å². The number of hydrogen-bond acceptors (Lipinski definition) is 0. The molecule has 0 atom stereocenters. The van der Waals surface area contributed by atoms with Crippen molar-refractivity contribution in [3.8, 4) is 0 Å². The highest BCUT2D eigenvalue weighted by Gasteiger charge is 1.99. The second-order valence-electron chi connectivity index (χ2n) is 2.76. The molecule has 0 amide bonds. The number of rotatable bonds is 2. The molecule has 0 spiro atoms. The average molecular weight is 132 g/mol. The molecule has 0 aliphatic heterocycles. The van der Waals surface area contributed by atoms with Gasteiger partial charge >= 0.3 is 0 Å². The monoisotopic (exact) mass is 132 g/mol. The first-order valence-corrected chi connectivity index (χ1v) is 2.47. The van der Waals surface area contributed by atoms with E-state index in [1.807, 2.05) is 6.08 Å². The maximum Gasteiger partial charge on any atom is 0.0964 e. The fourth-order valence-electron chi connectivity index (χ4n) is 0.387. The molecule has 2 heteroatoms. The van der Waals surface area contributed by atoms with Gasteiger partial charge in [0.2, 0.25) is 0 Å². The van der Waals surface area contributed by atoms with Gasteiger partial charge in [-0.2, -0.15) is 0 Å². The van der Waals surface area contributed by atoms with Crippen molar-refractivity contribution in [1.29, 1.82) is 0 Å². The minimum Gasteiger partial charge on any atom is -0.328 e. The van der Waals surface area contributed by atoms with Crippen LogP contribution in [0.15, 0.2) is 12.7 Å². The summed E-state index contributed by atoms with van der Waals surface area (Å²) in [5.74, 6) is 0. The fourth-order valence-corrected chi connectivity index (χ4v) is 0.387. The van der Waals surface area contributed by atoms with E-state index in [0.717, 1.165) is 11.0 Å². The minimum absolute atomic E-state index is 0. The van der Waals surface area contributed by atoms with Crippen LogP contribution in [0, 0.1) is 0 Å². The van der Waals surface area contributed by atoms with Crippen LogP contribution in [-0.2, 0) is 0 Å². The van der Waals surface area contributed by atoms with Crippen molar-refractivity contribution in [1.82, 2.24) is 0 Å². The number of hydrogen-bond donors (Lipinski definition) is 0. The first-order chi connectivity index (χ1) is 3.06. The number of nitrogens with zero attached hydrogens (tertiary/aromatic N) is 1. The summed E-state index contributed by atoms with van der Waals surface area (Å²) < 4.78 is 0.976. The SMILES string of the molecule is C=CC[N+](C)(C)C.[SiH4]. The highest BCUT2D eigenvalue weighted by atomic mass is 28.1. The Morgan fingerprint density at radius 3 is 1.75 bits per heavy atom. The third-order valence-corrected chi connectivity index (χ3v) is 0.677. The highest BCUT2D eigenvalue weighted by Crippen LogP contribution is 1.86. The smallest absolute Gasteiger partial charge is 0.0964 e. The number of quaternary nitrogens is 1. The Labute approximate surface area is 56.6 Å². The second-order valence-corrected chi connectivity index (χ2v) is 2.76. The summed E-state index contributed by atoms with van der Waals surface area (Å²) in [5.41, 5.74) is 0. The maximum atomic E-state index is 3.63. The topological polar surface area (TPSA) is 0 Å². The molecule has 0 bridgehead atoms. The molecular formula is C6H18NSi+. The molecule has 1 nitrogen and oxygen atoms in total. The van der Waals surface area contributed by atoms with Gasteiger partial charge in [0.25, 0.3) is 0 Å². The van der Waals surface area contributed by atoms with Crippen LogP contribution in [0.25, 0.3) is 0 Å². The van der Waals surface area contributed by atoms with Crippen molar-refractivity contribution >= 4 is 11.0 Å². The fraction of sp³-hybridized carbons (Fsp3) is 0.667. The van der Waals surface area contributed by atoms with Crippen LogP contribution in [0.1, 0.15) is 0 Å². The molecule has 0 rings (SSSR count). The van der Waals surface area contributed by atoms with Gasteiger partial charge in [0.05, 0.1) is 27.7 Å². The summed E-state index contributed by atoms with van der Waals surface area (Å²) in [4.78, 5) is 0. The predicted octanol–water partition coefficient (Wildman–Crippen LogP) is -0.573. The summed E-state index contributed by atoms with van der Waals surface area (Å²) >= 11 is 0. The maximum absolute atomic E-state index is 3.63. The molecule has 0 aromatic rings. The molecule has 0 saturated carbocycles. The van der Waals surface area contributed by atoms with E-state index in [0.29, 0.717) is 0 Å². The standard InChI is InChI=1S/C6H14N.H4Si/c1-5-6-7(2,3)4;/h5H,1,6H2,2-4H3;1H4/q+1;. The lowest BCUT2D eigenvalue weighted by molar-refractivity contribution is -0.864. The molecule has 50 valence electrons. The molecule has 0 heterocycles. The molecular weight excluding hydrogens is 114 g/mol. The van der Waals surface area contributed by atoms with E-state index in [1.165, 1.54) is 0 Å². The van der Waals surface area contributed by atoms with Gasteiger partial charge in [-0.1, -0.05) is 6.58 Å². The molecule has 0 aliphatic carbocycles. The summed E-state index contributed by atoms with van der Waals surface area (Å²) in [6.07, 6.45) is 1.93. The third-order valence-electron chi connectivity index (χ3n) is 0.677. The van der Waals surface area contributed by atoms with Gasteiger partial charge in [-0.15, -0.1) is 0 Å². The lowest BCUT2D eigenvalue weighted by Gasteiger charge is -2.21. The normalized spacial score (nSPS) is 9.88. The Balaban J connectivity index is 0. The molecule has 0 radical (unpaired) electrons. The second kappa shape index (κ2) is 3.86. The van der Waals surface area contributed by atoms with Gasteiger partial charge in [-0.3, -0.25) is 0 Å². The average Bonchev–Trinajstić information content (AvgIpc) is 1.30. The van der Waals surface area contributed by atoms with Crippen LogP contribution in [0.5, 0.6) is 0 Å². The molecule has 0 N–H and O–H groups in total. The zero-order valence-electron chi connectivity index (χ0n) is 5.44. The quantitative estimate of drug-likeness (QED) is 0.268. The zero-order valence-corrected chi connectivity index (χ0v) is 5.44. The Bertz CT molecular complexity index is 63.4. The minimum atomic E-state index is 0. The van der Waals surface area contributed by atoms with Gasteiger partial charge in [-0.25, -0.2) is 0 Å². The Morgan fingerprint density at radius 2 is 1.75 bits per heavy atom. The van der Waals surface area contributed by atoms with Crippen LogP contribution < -0.4 is 0 Å². The van der Waals surface area contributed by atoms with Crippen molar-refractivity contribution in [3.63, 3.8) is 0 Å². The largest absolute Gasteiger partial charge is 0.328 e. The van der Waals surface area contributed by atoms with E-state index in [2.05, 4.69) is 27.7 Å². The van der Waals surface area contributed by atoms with Crippen LogP contribution in [-0.4, -0.2) is 43.1 Å². The van der Waals surface area contributed by atoms with Crippen LogP contribution in [0.3, 0.4) is 0 Å². The van der Waals surface area contributed by atoms with Crippen LogP contribution in [0.4, 0.5) is 0 Å². The summed E-state index contributed by atoms with van der Waals surface area (Å²) in [6, 6.07) is 0. The highest BCUT2D eigenvalue weighted by molar-refractivity contribution is 5.75. The van der Waals surface area contributed by atoms with Crippen molar-refractivity contribution in [3.05, 3.63) is 12.7 Å². The lowest BCUT2D eigenvalue weighted by atomic mass is 10.5. The van der Waals surface area contributed by atoms with E-state index in [9.17, 15) is 0 Å². The molecule has 0 fully saturated rings. The van der Waals surface area contributed by atoms with Crippen LogP contribution in [0.2, 0.25) is 0 Å². The first kappa shape index (κ1) is 10.8.